The van der Waals surface area contributed by atoms with Gasteiger partial charge in [0, 0.05) is 20.3 Å². The van der Waals surface area contributed by atoms with Crippen molar-refractivity contribution in [3.8, 4) is 0 Å². The van der Waals surface area contributed by atoms with Crippen molar-refractivity contribution in [3.05, 3.63) is 17.8 Å². The Labute approximate surface area is 66.8 Å². The Morgan fingerprint density at radius 3 is 2.55 bits per heavy atom. The summed E-state index contributed by atoms with van der Waals surface area (Å²) in [5.74, 6) is 0.838. The van der Waals surface area contributed by atoms with Gasteiger partial charge in [0.25, 0.3) is 0 Å². The number of anilines is 2. The van der Waals surface area contributed by atoms with E-state index in [4.69, 9.17) is 5.73 Å². The van der Waals surface area contributed by atoms with E-state index in [0.717, 1.165) is 17.1 Å². The highest BCUT2D eigenvalue weighted by atomic mass is 15.1. The van der Waals surface area contributed by atoms with Crippen molar-refractivity contribution in [2.24, 2.45) is 0 Å². The standard InChI is InChI=1S/C8H13N3/c1-6-4-5-10-8(7(6)9)11(2)3/h4-5H,9H2,1-3H3. The van der Waals surface area contributed by atoms with Crippen LogP contribution in [-0.2, 0) is 0 Å². The fraction of sp³-hybridized carbons (Fsp3) is 0.375. The van der Waals surface area contributed by atoms with E-state index in [1.54, 1.807) is 6.20 Å². The zero-order valence-corrected chi connectivity index (χ0v) is 7.13. The highest BCUT2D eigenvalue weighted by molar-refractivity contribution is 5.65. The van der Waals surface area contributed by atoms with Crippen LogP contribution in [0.25, 0.3) is 0 Å². The van der Waals surface area contributed by atoms with Crippen molar-refractivity contribution in [3.63, 3.8) is 0 Å². The van der Waals surface area contributed by atoms with Gasteiger partial charge in [-0.25, -0.2) is 4.98 Å². The van der Waals surface area contributed by atoms with Crippen molar-refractivity contribution in [1.29, 1.82) is 0 Å². The smallest absolute Gasteiger partial charge is 0.151 e. The molecule has 0 aliphatic rings. The number of aryl methyl sites for hydroxylation is 1. The van der Waals surface area contributed by atoms with E-state index in [1.165, 1.54) is 0 Å². The summed E-state index contributed by atoms with van der Waals surface area (Å²) in [5, 5.41) is 0. The summed E-state index contributed by atoms with van der Waals surface area (Å²) in [6.45, 7) is 1.98. The summed E-state index contributed by atoms with van der Waals surface area (Å²) in [5.41, 5.74) is 7.61. The summed E-state index contributed by atoms with van der Waals surface area (Å²) in [7, 11) is 3.86. The lowest BCUT2D eigenvalue weighted by Crippen LogP contribution is -2.13. The van der Waals surface area contributed by atoms with E-state index >= 15 is 0 Å². The van der Waals surface area contributed by atoms with Crippen LogP contribution >= 0.6 is 0 Å². The van der Waals surface area contributed by atoms with Gasteiger partial charge in [0.1, 0.15) is 0 Å². The third kappa shape index (κ3) is 1.42. The molecule has 0 saturated heterocycles. The second-order valence-corrected chi connectivity index (χ2v) is 2.76. The predicted molar refractivity (Wildman–Crippen MR) is 47.7 cm³/mol. The molecule has 0 bridgehead atoms. The maximum atomic E-state index is 5.78. The van der Waals surface area contributed by atoms with E-state index in [1.807, 2.05) is 32.0 Å². The number of rotatable bonds is 1. The van der Waals surface area contributed by atoms with Gasteiger partial charge in [-0.1, -0.05) is 0 Å². The first-order chi connectivity index (χ1) is 5.13. The molecule has 1 rings (SSSR count). The fourth-order valence-corrected chi connectivity index (χ4v) is 0.912. The first-order valence-corrected chi connectivity index (χ1v) is 3.51. The van der Waals surface area contributed by atoms with Gasteiger partial charge in [-0.15, -0.1) is 0 Å². The van der Waals surface area contributed by atoms with Crippen molar-refractivity contribution >= 4 is 11.5 Å². The van der Waals surface area contributed by atoms with Crippen LogP contribution in [0.2, 0.25) is 0 Å². The Kier molecular flexibility index (Phi) is 1.98. The molecule has 0 fully saturated rings. The second kappa shape index (κ2) is 2.78. The van der Waals surface area contributed by atoms with E-state index in [2.05, 4.69) is 4.98 Å². The van der Waals surface area contributed by atoms with E-state index in [0.29, 0.717) is 0 Å². The summed E-state index contributed by atoms with van der Waals surface area (Å²) in [4.78, 5) is 6.04. The number of hydrogen-bond donors (Lipinski definition) is 1. The molecule has 0 amide bonds. The Morgan fingerprint density at radius 2 is 2.09 bits per heavy atom. The Balaban J connectivity index is 3.17. The first kappa shape index (κ1) is 7.85. The largest absolute Gasteiger partial charge is 0.396 e. The molecule has 1 aromatic heterocycles. The molecule has 0 radical (unpaired) electrons. The molecule has 0 saturated carbocycles. The molecule has 2 N–H and O–H groups in total. The van der Waals surface area contributed by atoms with Gasteiger partial charge in [0.2, 0.25) is 0 Å². The topological polar surface area (TPSA) is 42.2 Å². The summed E-state index contributed by atoms with van der Waals surface area (Å²) < 4.78 is 0. The molecule has 0 aliphatic heterocycles. The molecule has 0 atom stereocenters. The zero-order valence-electron chi connectivity index (χ0n) is 7.13. The monoisotopic (exact) mass is 151 g/mol. The van der Waals surface area contributed by atoms with Gasteiger partial charge < -0.3 is 10.6 Å². The zero-order chi connectivity index (χ0) is 8.43. The number of aromatic nitrogens is 1. The Bertz CT molecular complexity index is 256. The van der Waals surface area contributed by atoms with E-state index in [-0.39, 0.29) is 0 Å². The molecule has 0 aromatic carbocycles. The fourth-order valence-electron chi connectivity index (χ4n) is 0.912. The highest BCUT2D eigenvalue weighted by Gasteiger charge is 2.03. The number of nitrogens with two attached hydrogens (primary N) is 1. The molecular formula is C8H13N3. The van der Waals surface area contributed by atoms with Crippen LogP contribution in [-0.4, -0.2) is 19.1 Å². The third-order valence-electron chi connectivity index (χ3n) is 1.61. The molecule has 11 heavy (non-hydrogen) atoms. The maximum Gasteiger partial charge on any atom is 0.151 e. The minimum atomic E-state index is 0.762. The SMILES string of the molecule is Cc1ccnc(N(C)C)c1N. The minimum absolute atomic E-state index is 0.762. The number of nitrogen functional groups attached to an aromatic ring is 1. The lowest BCUT2D eigenvalue weighted by molar-refractivity contribution is 1.07. The van der Waals surface area contributed by atoms with E-state index < -0.39 is 0 Å². The molecule has 0 aliphatic carbocycles. The summed E-state index contributed by atoms with van der Waals surface area (Å²) in [6.07, 6.45) is 1.76. The van der Waals surface area contributed by atoms with Crippen LogP contribution in [0, 0.1) is 6.92 Å². The van der Waals surface area contributed by atoms with Gasteiger partial charge in [-0.3, -0.25) is 0 Å². The van der Waals surface area contributed by atoms with Gasteiger partial charge in [0.15, 0.2) is 5.82 Å². The minimum Gasteiger partial charge on any atom is -0.396 e. The van der Waals surface area contributed by atoms with Gasteiger partial charge in [-0.05, 0) is 18.6 Å². The molecular weight excluding hydrogens is 138 g/mol. The Morgan fingerprint density at radius 1 is 1.45 bits per heavy atom. The summed E-state index contributed by atoms with van der Waals surface area (Å²) >= 11 is 0. The number of nitrogens with zero attached hydrogens (tertiary/aromatic N) is 2. The molecule has 1 aromatic rings. The van der Waals surface area contributed by atoms with Gasteiger partial charge >= 0.3 is 0 Å². The van der Waals surface area contributed by atoms with Crippen LogP contribution in [0.4, 0.5) is 11.5 Å². The second-order valence-electron chi connectivity index (χ2n) is 2.76. The predicted octanol–water partition coefficient (Wildman–Crippen LogP) is 1.04. The van der Waals surface area contributed by atoms with Crippen molar-refractivity contribution in [2.75, 3.05) is 24.7 Å². The Hall–Kier alpha value is -1.25. The van der Waals surface area contributed by atoms with Crippen molar-refractivity contribution < 1.29 is 0 Å². The molecule has 0 spiro atoms. The molecule has 3 nitrogen and oxygen atoms in total. The average Bonchev–Trinajstić information content (AvgIpc) is 1.94. The molecule has 1 heterocycles. The van der Waals surface area contributed by atoms with E-state index in [9.17, 15) is 0 Å². The van der Waals surface area contributed by atoms with Crippen LogP contribution < -0.4 is 10.6 Å². The molecule has 60 valence electrons. The first-order valence-electron chi connectivity index (χ1n) is 3.51. The molecule has 3 heteroatoms. The maximum absolute atomic E-state index is 5.78. The summed E-state index contributed by atoms with van der Waals surface area (Å²) in [6, 6.07) is 1.91. The third-order valence-corrected chi connectivity index (χ3v) is 1.61. The van der Waals surface area contributed by atoms with Crippen LogP contribution in [0.5, 0.6) is 0 Å². The number of hydrogen-bond acceptors (Lipinski definition) is 3. The van der Waals surface area contributed by atoms with Crippen molar-refractivity contribution in [2.45, 2.75) is 6.92 Å². The lowest BCUT2D eigenvalue weighted by atomic mass is 10.2. The van der Waals surface area contributed by atoms with Gasteiger partial charge in [0.05, 0.1) is 5.69 Å². The molecule has 0 unspecified atom stereocenters. The average molecular weight is 151 g/mol. The quantitative estimate of drug-likeness (QED) is 0.652. The van der Waals surface area contributed by atoms with Gasteiger partial charge in [-0.2, -0.15) is 0 Å². The van der Waals surface area contributed by atoms with Crippen LogP contribution in [0.15, 0.2) is 12.3 Å². The number of pyridine rings is 1. The van der Waals surface area contributed by atoms with Crippen molar-refractivity contribution in [1.82, 2.24) is 4.98 Å². The lowest BCUT2D eigenvalue weighted by Gasteiger charge is -2.14. The highest BCUT2D eigenvalue weighted by Crippen LogP contribution is 2.20. The normalized spacial score (nSPS) is 9.73. The van der Waals surface area contributed by atoms with Crippen LogP contribution in [0.1, 0.15) is 5.56 Å². The van der Waals surface area contributed by atoms with Crippen LogP contribution in [0.3, 0.4) is 0 Å².